The minimum atomic E-state index is 0. The Kier molecular flexibility index (Phi) is 253. The van der Waals surface area contributed by atoms with Gasteiger partial charge in [0.2, 0.25) is 0 Å². The van der Waals surface area contributed by atoms with Crippen LogP contribution >= 0.6 is 0 Å². The molecule has 0 atom stereocenters. The Morgan fingerprint density at radius 3 is 0.400 bits per heavy atom. The summed E-state index contributed by atoms with van der Waals surface area (Å²) in [4.78, 5) is 0. The molecule has 0 spiro atoms. The maximum absolute atomic E-state index is 0. The zero-order chi connectivity index (χ0) is 0. The van der Waals surface area contributed by atoms with Gasteiger partial charge in [-0.2, -0.15) is 0 Å². The minimum Gasteiger partial charge on any atom is -1.00 e. The molecule has 32 valence electrons. The smallest absolute Gasteiger partial charge is 1.00 e. The van der Waals surface area contributed by atoms with Crippen molar-refractivity contribution in [1.29, 1.82) is 0 Å². The molecule has 0 saturated carbocycles. The van der Waals surface area contributed by atoms with Gasteiger partial charge < -0.3 is 95.9 Å². The first-order valence-electron chi connectivity index (χ1n) is 0. The van der Waals surface area contributed by atoms with Crippen LogP contribution in [0, 0.1) is 7.43 Å². The molecule has 5 heavy (non-hydrogen) atoms. The largest absolute Gasteiger partial charge is 4.00 e. The standard InChI is InChI=1S/C.4HI/h;4*1H/q+4;;;;/p-4. The van der Waals surface area contributed by atoms with Crippen LogP contribution in [-0.2, 0) is 0 Å². The van der Waals surface area contributed by atoms with Gasteiger partial charge in [-0.05, 0) is 0 Å². The van der Waals surface area contributed by atoms with Crippen molar-refractivity contribution in [2.75, 3.05) is 0 Å². The third-order valence-electron chi connectivity index (χ3n) is 0. The maximum atomic E-state index is 0. The molecule has 0 N–H and O–H groups in total. The normalized spacial score (nSPS) is 0. The van der Waals surface area contributed by atoms with Crippen LogP contribution in [0.1, 0.15) is 0 Å². The Bertz CT molecular complexity index is 3.61. The van der Waals surface area contributed by atoms with E-state index in [1.807, 2.05) is 0 Å². The summed E-state index contributed by atoms with van der Waals surface area (Å²) in [5, 5.41) is 0. The molecule has 0 aliphatic rings. The molecule has 0 amide bonds. The molecule has 0 aromatic rings. The Hall–Kier alpha value is 2.92. The summed E-state index contributed by atoms with van der Waals surface area (Å²) in [6.45, 7) is 0. The third-order valence-corrected chi connectivity index (χ3v) is 0. The van der Waals surface area contributed by atoms with Crippen molar-refractivity contribution < 1.29 is 95.9 Å². The van der Waals surface area contributed by atoms with E-state index in [9.17, 15) is 0 Å². The molecule has 4 heteroatoms. The SMILES string of the molecule is [C+4].[I-].[I-].[I-].[I-]. The summed E-state index contributed by atoms with van der Waals surface area (Å²) in [7, 11) is 0. The van der Waals surface area contributed by atoms with Gasteiger partial charge in [0, 0.05) is 0 Å². The molecule has 0 aromatic carbocycles. The van der Waals surface area contributed by atoms with Crippen molar-refractivity contribution in [3.05, 3.63) is 7.43 Å². The van der Waals surface area contributed by atoms with Crippen LogP contribution < -0.4 is 95.9 Å². The fraction of sp³-hybridized carbons (Fsp3) is 0. The molecule has 0 rings (SSSR count). The third kappa shape index (κ3) is 19.6. The van der Waals surface area contributed by atoms with Gasteiger partial charge in [0.1, 0.15) is 0 Å². The summed E-state index contributed by atoms with van der Waals surface area (Å²) in [5.74, 6) is 0. The van der Waals surface area contributed by atoms with Gasteiger partial charge in [-0.1, -0.05) is 0 Å². The summed E-state index contributed by atoms with van der Waals surface area (Å²) in [6.07, 6.45) is 0. The van der Waals surface area contributed by atoms with E-state index in [2.05, 4.69) is 0 Å². The molecule has 0 radical (unpaired) electrons. The van der Waals surface area contributed by atoms with E-state index in [0.717, 1.165) is 0 Å². The summed E-state index contributed by atoms with van der Waals surface area (Å²) >= 11 is 0. The van der Waals surface area contributed by atoms with Crippen molar-refractivity contribution in [3.8, 4) is 0 Å². The van der Waals surface area contributed by atoms with E-state index in [4.69, 9.17) is 0 Å². The topological polar surface area (TPSA) is 0 Å². The van der Waals surface area contributed by atoms with Crippen LogP contribution in [0.3, 0.4) is 0 Å². The first kappa shape index (κ1) is 44.5. The molecule has 0 aliphatic heterocycles. The monoisotopic (exact) mass is 520 g/mol. The molecule has 0 fully saturated rings. The predicted molar refractivity (Wildman–Crippen MR) is 3.24 cm³/mol. The molecule has 0 heterocycles. The second-order valence-corrected chi connectivity index (χ2v) is 0. The van der Waals surface area contributed by atoms with Gasteiger partial charge in [-0.15, -0.1) is 0 Å². The number of hydrogen-bond acceptors (Lipinski definition) is 0. The molecular formula is CI4. The summed E-state index contributed by atoms with van der Waals surface area (Å²) in [6, 6.07) is 0. The molecule has 0 nitrogen and oxygen atoms in total. The molecule has 0 saturated heterocycles. The van der Waals surface area contributed by atoms with E-state index in [-0.39, 0.29) is 103 Å². The van der Waals surface area contributed by atoms with E-state index in [1.165, 1.54) is 0 Å². The van der Waals surface area contributed by atoms with Crippen molar-refractivity contribution in [1.82, 2.24) is 0 Å². The molecule has 0 bridgehead atoms. The van der Waals surface area contributed by atoms with Crippen molar-refractivity contribution in [2.45, 2.75) is 0 Å². The van der Waals surface area contributed by atoms with Gasteiger partial charge in [-0.3, -0.25) is 0 Å². The van der Waals surface area contributed by atoms with Crippen LogP contribution in [0.4, 0.5) is 0 Å². The van der Waals surface area contributed by atoms with E-state index < -0.39 is 0 Å². The van der Waals surface area contributed by atoms with Gasteiger partial charge in [0.05, 0.1) is 0 Å². The molecule has 0 aliphatic carbocycles. The Morgan fingerprint density at radius 2 is 0.400 bits per heavy atom. The number of rotatable bonds is 0. The van der Waals surface area contributed by atoms with Crippen LogP contribution in [0.2, 0.25) is 0 Å². The van der Waals surface area contributed by atoms with Crippen LogP contribution in [0.25, 0.3) is 0 Å². The Labute approximate surface area is 101 Å². The number of halogens is 4. The summed E-state index contributed by atoms with van der Waals surface area (Å²) < 4.78 is 0. The quantitative estimate of drug-likeness (QED) is 0.279. The minimum absolute atomic E-state index is 0. The van der Waals surface area contributed by atoms with Crippen molar-refractivity contribution >= 4 is 0 Å². The second-order valence-electron chi connectivity index (χ2n) is 0. The van der Waals surface area contributed by atoms with Crippen molar-refractivity contribution in [2.24, 2.45) is 0 Å². The second kappa shape index (κ2) is 28.4. The van der Waals surface area contributed by atoms with Crippen LogP contribution in [0.5, 0.6) is 0 Å². The van der Waals surface area contributed by atoms with Crippen molar-refractivity contribution in [3.63, 3.8) is 0 Å². The average molecular weight is 520 g/mol. The Balaban J connectivity index is 0. The zero-order valence-corrected chi connectivity index (χ0v) is 10.6. The van der Waals surface area contributed by atoms with E-state index in [0.29, 0.717) is 0 Å². The fourth-order valence-corrected chi connectivity index (χ4v) is 0. The van der Waals surface area contributed by atoms with Crippen LogP contribution in [-0.4, -0.2) is 0 Å². The van der Waals surface area contributed by atoms with Gasteiger partial charge in [0.25, 0.3) is 0 Å². The fourth-order valence-electron chi connectivity index (χ4n) is 0. The first-order chi connectivity index (χ1) is 0. The van der Waals surface area contributed by atoms with Gasteiger partial charge >= 0.3 is 7.43 Å². The zero-order valence-electron chi connectivity index (χ0n) is 2.01. The van der Waals surface area contributed by atoms with Crippen LogP contribution in [0.15, 0.2) is 0 Å². The average Bonchev–Trinajstić information content (AvgIpc) is 0. The van der Waals surface area contributed by atoms with E-state index >= 15 is 0 Å². The number of hydrogen-bond donors (Lipinski definition) is 0. The Morgan fingerprint density at radius 1 is 0.400 bits per heavy atom. The van der Waals surface area contributed by atoms with Gasteiger partial charge in [0.15, 0.2) is 0 Å². The van der Waals surface area contributed by atoms with Gasteiger partial charge in [-0.25, -0.2) is 0 Å². The van der Waals surface area contributed by atoms with E-state index in [1.54, 1.807) is 0 Å². The first-order valence-corrected chi connectivity index (χ1v) is 0. The summed E-state index contributed by atoms with van der Waals surface area (Å²) in [5.41, 5.74) is 0. The maximum Gasteiger partial charge on any atom is 4.00 e. The predicted octanol–water partition coefficient (Wildman–Crippen LogP) is -11.9. The molecule has 0 aromatic heterocycles. The molecular weight excluding hydrogens is 520 g/mol. The molecule has 0 unspecified atom stereocenters.